The van der Waals surface area contributed by atoms with Crippen molar-refractivity contribution < 1.29 is 9.18 Å². The van der Waals surface area contributed by atoms with E-state index in [1.54, 1.807) is 24.3 Å². The fraction of sp³-hybridized carbons (Fsp3) is 0.273. The van der Waals surface area contributed by atoms with Crippen LogP contribution in [0.15, 0.2) is 54.6 Å². The Hall–Kier alpha value is -2.70. The number of hydrogen-bond acceptors (Lipinski definition) is 3. The molecule has 0 unspecified atom stereocenters. The number of amides is 1. The van der Waals surface area contributed by atoms with Crippen LogP contribution in [0.5, 0.6) is 0 Å². The third-order valence-electron chi connectivity index (χ3n) is 4.63. The fourth-order valence-corrected chi connectivity index (χ4v) is 3.16. The lowest BCUT2D eigenvalue weighted by molar-refractivity contribution is -0.116. The fourth-order valence-electron chi connectivity index (χ4n) is 2.98. The van der Waals surface area contributed by atoms with Gasteiger partial charge in [-0.3, -0.25) is 9.89 Å². The molecule has 1 aromatic heterocycles. The van der Waals surface area contributed by atoms with Crippen molar-refractivity contribution in [2.75, 3.05) is 25.5 Å². The van der Waals surface area contributed by atoms with E-state index in [-0.39, 0.29) is 11.7 Å². The van der Waals surface area contributed by atoms with Gasteiger partial charge in [0.2, 0.25) is 5.91 Å². The first-order valence-electron chi connectivity index (χ1n) is 9.54. The van der Waals surface area contributed by atoms with Gasteiger partial charge in [-0.1, -0.05) is 23.7 Å². The molecule has 0 saturated heterocycles. The second-order valence-corrected chi connectivity index (χ2v) is 7.38. The van der Waals surface area contributed by atoms with Crippen molar-refractivity contribution in [3.05, 3.63) is 71.1 Å². The van der Waals surface area contributed by atoms with Crippen LogP contribution >= 0.6 is 11.6 Å². The summed E-state index contributed by atoms with van der Waals surface area (Å²) in [6, 6.07) is 15.5. The first-order valence-corrected chi connectivity index (χ1v) is 9.92. The number of para-hydroxylation sites is 1. The Kier molecular flexibility index (Phi) is 7.38. The van der Waals surface area contributed by atoms with Gasteiger partial charge in [0, 0.05) is 24.2 Å². The summed E-state index contributed by atoms with van der Waals surface area (Å²) in [4.78, 5) is 14.2. The molecule has 0 atom stereocenters. The standard InChI is InChI=1S/C22H24ClFN4O/c1-28(14-12-22(29)25-20-7-3-2-6-19(20)23)13-4-5-18-15-21(27-26-18)16-8-10-17(24)11-9-16/h2-3,6-11,15H,4-5,12-14H2,1H3,(H,25,29)(H,26,27). The predicted molar refractivity (Wildman–Crippen MR) is 114 cm³/mol. The number of rotatable bonds is 9. The Morgan fingerprint density at radius 1 is 1.17 bits per heavy atom. The number of H-pyrrole nitrogens is 1. The minimum absolute atomic E-state index is 0.0533. The van der Waals surface area contributed by atoms with Gasteiger partial charge in [0.15, 0.2) is 0 Å². The zero-order valence-electron chi connectivity index (χ0n) is 16.3. The maximum absolute atomic E-state index is 13.0. The van der Waals surface area contributed by atoms with Crippen molar-refractivity contribution in [1.29, 1.82) is 0 Å². The van der Waals surface area contributed by atoms with E-state index in [2.05, 4.69) is 20.4 Å². The lowest BCUT2D eigenvalue weighted by Crippen LogP contribution is -2.25. The summed E-state index contributed by atoms with van der Waals surface area (Å²) >= 11 is 6.06. The van der Waals surface area contributed by atoms with Gasteiger partial charge < -0.3 is 10.2 Å². The third kappa shape index (κ3) is 6.41. The molecule has 0 aliphatic rings. The highest BCUT2D eigenvalue weighted by atomic mass is 35.5. The maximum Gasteiger partial charge on any atom is 0.225 e. The lowest BCUT2D eigenvalue weighted by Gasteiger charge is -2.16. The number of nitrogens with zero attached hydrogens (tertiary/aromatic N) is 2. The van der Waals surface area contributed by atoms with Gasteiger partial charge in [-0.25, -0.2) is 4.39 Å². The van der Waals surface area contributed by atoms with Gasteiger partial charge >= 0.3 is 0 Å². The van der Waals surface area contributed by atoms with Crippen molar-refractivity contribution in [3.63, 3.8) is 0 Å². The Bertz CT molecular complexity index is 942. The summed E-state index contributed by atoms with van der Waals surface area (Å²) in [7, 11) is 2.00. The molecule has 2 N–H and O–H groups in total. The summed E-state index contributed by atoms with van der Waals surface area (Å²) < 4.78 is 13.0. The van der Waals surface area contributed by atoms with Crippen molar-refractivity contribution in [1.82, 2.24) is 15.1 Å². The first kappa shape index (κ1) is 21.0. The monoisotopic (exact) mass is 414 g/mol. The normalized spacial score (nSPS) is 11.0. The van der Waals surface area contributed by atoms with Gasteiger partial charge in [0.1, 0.15) is 5.82 Å². The number of halogens is 2. The second-order valence-electron chi connectivity index (χ2n) is 6.97. The number of nitrogens with one attached hydrogen (secondary N) is 2. The zero-order chi connectivity index (χ0) is 20.6. The molecule has 0 bridgehead atoms. The summed E-state index contributed by atoms with van der Waals surface area (Å²) in [5.41, 5.74) is 3.37. The van der Waals surface area contributed by atoms with Crippen LogP contribution in [0.2, 0.25) is 5.02 Å². The molecule has 0 aliphatic carbocycles. The number of anilines is 1. The van der Waals surface area contributed by atoms with Crippen LogP contribution in [0.1, 0.15) is 18.5 Å². The van der Waals surface area contributed by atoms with Crippen LogP contribution in [0, 0.1) is 5.82 Å². The van der Waals surface area contributed by atoms with Crippen LogP contribution in [0.3, 0.4) is 0 Å². The Morgan fingerprint density at radius 2 is 1.93 bits per heavy atom. The lowest BCUT2D eigenvalue weighted by atomic mass is 10.1. The quantitative estimate of drug-likeness (QED) is 0.530. The number of aromatic amines is 1. The summed E-state index contributed by atoms with van der Waals surface area (Å²) in [6.45, 7) is 1.53. The average Bonchev–Trinajstić information content (AvgIpc) is 3.18. The molecule has 0 spiro atoms. The molecule has 152 valence electrons. The van der Waals surface area contributed by atoms with E-state index < -0.39 is 0 Å². The molecule has 3 aromatic rings. The van der Waals surface area contributed by atoms with E-state index in [4.69, 9.17) is 11.6 Å². The summed E-state index contributed by atoms with van der Waals surface area (Å²) in [5.74, 6) is -0.310. The smallest absolute Gasteiger partial charge is 0.225 e. The predicted octanol–water partition coefficient (Wildman–Crippen LogP) is 4.76. The number of aryl methyl sites for hydroxylation is 1. The molecular weight excluding hydrogens is 391 g/mol. The molecule has 29 heavy (non-hydrogen) atoms. The number of aromatic nitrogens is 2. The largest absolute Gasteiger partial charge is 0.325 e. The number of carbonyl (C=O) groups is 1. The number of hydrogen-bond donors (Lipinski definition) is 2. The van der Waals surface area contributed by atoms with Crippen molar-refractivity contribution in [2.24, 2.45) is 0 Å². The minimum Gasteiger partial charge on any atom is -0.325 e. The Morgan fingerprint density at radius 3 is 2.69 bits per heavy atom. The van der Waals surface area contributed by atoms with E-state index in [1.165, 1.54) is 12.1 Å². The van der Waals surface area contributed by atoms with Gasteiger partial charge in [-0.2, -0.15) is 5.10 Å². The molecule has 7 heteroatoms. The Balaban J connectivity index is 1.38. The summed E-state index contributed by atoms with van der Waals surface area (Å²) in [5, 5.41) is 10.7. The highest BCUT2D eigenvalue weighted by Crippen LogP contribution is 2.21. The van der Waals surface area contributed by atoms with Gasteiger partial charge in [-0.05, 0) is 68.9 Å². The van der Waals surface area contributed by atoms with Crippen molar-refractivity contribution in [2.45, 2.75) is 19.3 Å². The van der Waals surface area contributed by atoms with E-state index in [9.17, 15) is 9.18 Å². The van der Waals surface area contributed by atoms with Gasteiger partial charge in [-0.15, -0.1) is 0 Å². The number of benzene rings is 2. The highest BCUT2D eigenvalue weighted by molar-refractivity contribution is 6.33. The van der Waals surface area contributed by atoms with E-state index in [1.807, 2.05) is 25.2 Å². The third-order valence-corrected chi connectivity index (χ3v) is 4.95. The van der Waals surface area contributed by atoms with Crippen LogP contribution < -0.4 is 5.32 Å². The second kappa shape index (κ2) is 10.2. The van der Waals surface area contributed by atoms with Crippen LogP contribution in [-0.4, -0.2) is 41.1 Å². The topological polar surface area (TPSA) is 61.0 Å². The van der Waals surface area contributed by atoms with Gasteiger partial charge in [0.25, 0.3) is 0 Å². The molecule has 0 saturated carbocycles. The molecule has 3 rings (SSSR count). The molecule has 1 heterocycles. The van der Waals surface area contributed by atoms with Crippen molar-refractivity contribution >= 4 is 23.2 Å². The van der Waals surface area contributed by atoms with E-state index in [0.717, 1.165) is 36.3 Å². The number of carbonyl (C=O) groups excluding carboxylic acids is 1. The molecule has 0 radical (unpaired) electrons. The average molecular weight is 415 g/mol. The van der Waals surface area contributed by atoms with Crippen molar-refractivity contribution in [3.8, 4) is 11.3 Å². The van der Waals surface area contributed by atoms with Crippen LogP contribution in [-0.2, 0) is 11.2 Å². The Labute approximate surface area is 174 Å². The first-order chi connectivity index (χ1) is 14.0. The van der Waals surface area contributed by atoms with Crippen LogP contribution in [0.4, 0.5) is 10.1 Å². The maximum atomic E-state index is 13.0. The minimum atomic E-state index is -0.256. The molecule has 0 fully saturated rings. The zero-order valence-corrected chi connectivity index (χ0v) is 17.0. The summed E-state index contributed by atoms with van der Waals surface area (Å²) in [6.07, 6.45) is 2.19. The molecule has 0 aliphatic heterocycles. The molecular formula is C22H24ClFN4O. The van der Waals surface area contributed by atoms with Crippen LogP contribution in [0.25, 0.3) is 11.3 Å². The van der Waals surface area contributed by atoms with E-state index in [0.29, 0.717) is 23.7 Å². The molecule has 2 aromatic carbocycles. The van der Waals surface area contributed by atoms with E-state index >= 15 is 0 Å². The molecule has 5 nitrogen and oxygen atoms in total. The van der Waals surface area contributed by atoms with Gasteiger partial charge in [0.05, 0.1) is 16.4 Å². The SMILES string of the molecule is CN(CCCc1cc(-c2ccc(F)cc2)n[nH]1)CCC(=O)Nc1ccccc1Cl. The molecule has 1 amide bonds. The highest BCUT2D eigenvalue weighted by Gasteiger charge is 2.08.